The lowest BCUT2D eigenvalue weighted by molar-refractivity contribution is 0.720. The van der Waals surface area contributed by atoms with Crippen molar-refractivity contribution in [3.63, 3.8) is 0 Å². The van der Waals surface area contributed by atoms with Gasteiger partial charge in [-0.2, -0.15) is 0 Å². The molecule has 3 N–H and O–H groups in total. The SMILES string of the molecule is CCN/C(=C\C(=N)C(C)C)CCNC. The van der Waals surface area contributed by atoms with E-state index < -0.39 is 0 Å². The third-order valence-electron chi connectivity index (χ3n) is 2.00. The zero-order valence-electron chi connectivity index (χ0n) is 9.78. The molecule has 0 fully saturated rings. The van der Waals surface area contributed by atoms with Gasteiger partial charge < -0.3 is 16.0 Å². The monoisotopic (exact) mass is 197 g/mol. The molecule has 3 heteroatoms. The van der Waals surface area contributed by atoms with E-state index in [2.05, 4.69) is 17.6 Å². The quantitative estimate of drug-likeness (QED) is 0.545. The van der Waals surface area contributed by atoms with Crippen molar-refractivity contribution < 1.29 is 0 Å². The summed E-state index contributed by atoms with van der Waals surface area (Å²) in [7, 11) is 1.94. The minimum Gasteiger partial charge on any atom is -0.389 e. The third-order valence-corrected chi connectivity index (χ3v) is 2.00. The van der Waals surface area contributed by atoms with Gasteiger partial charge in [-0.3, -0.25) is 0 Å². The van der Waals surface area contributed by atoms with Crippen molar-refractivity contribution in [2.75, 3.05) is 20.1 Å². The zero-order chi connectivity index (χ0) is 11.0. The minimum atomic E-state index is 0.304. The van der Waals surface area contributed by atoms with Gasteiger partial charge >= 0.3 is 0 Å². The molecule has 0 bridgehead atoms. The van der Waals surface area contributed by atoms with Crippen LogP contribution in [0.25, 0.3) is 0 Å². The fraction of sp³-hybridized carbons (Fsp3) is 0.727. The van der Waals surface area contributed by atoms with Crippen LogP contribution in [0.1, 0.15) is 27.2 Å². The predicted molar refractivity (Wildman–Crippen MR) is 62.9 cm³/mol. The molecule has 3 nitrogen and oxygen atoms in total. The van der Waals surface area contributed by atoms with Crippen LogP contribution < -0.4 is 10.6 Å². The van der Waals surface area contributed by atoms with E-state index in [1.165, 1.54) is 0 Å². The first-order valence-corrected chi connectivity index (χ1v) is 5.29. The van der Waals surface area contributed by atoms with Gasteiger partial charge in [-0.25, -0.2) is 0 Å². The van der Waals surface area contributed by atoms with Crippen LogP contribution in [0.4, 0.5) is 0 Å². The molecule has 14 heavy (non-hydrogen) atoms. The topological polar surface area (TPSA) is 47.9 Å². The fourth-order valence-corrected chi connectivity index (χ4v) is 1.05. The first kappa shape index (κ1) is 13.2. The van der Waals surface area contributed by atoms with Crippen LogP contribution in [0, 0.1) is 11.3 Å². The highest BCUT2D eigenvalue weighted by Crippen LogP contribution is 2.02. The smallest absolute Gasteiger partial charge is 0.0356 e. The highest BCUT2D eigenvalue weighted by molar-refractivity contribution is 5.94. The van der Waals surface area contributed by atoms with Crippen molar-refractivity contribution in [3.05, 3.63) is 11.8 Å². The number of hydrogen-bond donors (Lipinski definition) is 3. The van der Waals surface area contributed by atoms with Gasteiger partial charge in [0.15, 0.2) is 0 Å². The van der Waals surface area contributed by atoms with E-state index in [0.717, 1.165) is 25.2 Å². The first-order chi connectivity index (χ1) is 6.61. The molecule has 0 aromatic heterocycles. The summed E-state index contributed by atoms with van der Waals surface area (Å²) in [6.07, 6.45) is 2.91. The molecule has 0 saturated carbocycles. The van der Waals surface area contributed by atoms with E-state index in [0.29, 0.717) is 11.6 Å². The second-order valence-electron chi connectivity index (χ2n) is 3.66. The Kier molecular flexibility index (Phi) is 7.11. The molecule has 0 rings (SSSR count). The van der Waals surface area contributed by atoms with Crippen molar-refractivity contribution >= 4 is 5.71 Å². The Labute approximate surface area is 87.5 Å². The highest BCUT2D eigenvalue weighted by Gasteiger charge is 2.01. The van der Waals surface area contributed by atoms with E-state index >= 15 is 0 Å². The molecule has 0 unspecified atom stereocenters. The van der Waals surface area contributed by atoms with Crippen molar-refractivity contribution in [3.8, 4) is 0 Å². The molecule has 0 aromatic rings. The summed E-state index contributed by atoms with van der Waals surface area (Å²) in [6, 6.07) is 0. The van der Waals surface area contributed by atoms with E-state index in [4.69, 9.17) is 5.41 Å². The maximum Gasteiger partial charge on any atom is 0.0356 e. The lowest BCUT2D eigenvalue weighted by Gasteiger charge is -2.10. The summed E-state index contributed by atoms with van der Waals surface area (Å²) in [5.74, 6) is 0.304. The maximum absolute atomic E-state index is 7.75. The van der Waals surface area contributed by atoms with E-state index in [-0.39, 0.29) is 0 Å². The molecular formula is C11H23N3. The van der Waals surface area contributed by atoms with Gasteiger partial charge in [0.25, 0.3) is 0 Å². The van der Waals surface area contributed by atoms with Crippen LogP contribution >= 0.6 is 0 Å². The molecule has 0 aliphatic rings. The molecule has 82 valence electrons. The van der Waals surface area contributed by atoms with Gasteiger partial charge in [-0.05, 0) is 32.4 Å². The molecule has 0 amide bonds. The Morgan fingerprint density at radius 1 is 1.43 bits per heavy atom. The molecule has 0 aliphatic heterocycles. The van der Waals surface area contributed by atoms with Gasteiger partial charge in [0.05, 0.1) is 0 Å². The summed E-state index contributed by atoms with van der Waals surface area (Å²) >= 11 is 0. The van der Waals surface area contributed by atoms with Crippen LogP contribution in [0.3, 0.4) is 0 Å². The zero-order valence-corrected chi connectivity index (χ0v) is 9.78. The minimum absolute atomic E-state index is 0.304. The van der Waals surface area contributed by atoms with Crippen LogP contribution in [-0.4, -0.2) is 25.8 Å². The summed E-state index contributed by atoms with van der Waals surface area (Å²) in [5.41, 5.74) is 1.85. The van der Waals surface area contributed by atoms with Gasteiger partial charge in [0.2, 0.25) is 0 Å². The van der Waals surface area contributed by atoms with Gasteiger partial charge in [-0.1, -0.05) is 13.8 Å². The van der Waals surface area contributed by atoms with Gasteiger partial charge in [0, 0.05) is 24.5 Å². The first-order valence-electron chi connectivity index (χ1n) is 5.29. The lowest BCUT2D eigenvalue weighted by atomic mass is 10.1. The number of hydrogen-bond acceptors (Lipinski definition) is 3. The summed E-state index contributed by atoms with van der Waals surface area (Å²) in [5, 5.41) is 14.1. The number of nitrogens with one attached hydrogen (secondary N) is 3. The molecule has 0 aromatic carbocycles. The van der Waals surface area contributed by atoms with Crippen molar-refractivity contribution in [2.45, 2.75) is 27.2 Å². The van der Waals surface area contributed by atoms with Crippen molar-refractivity contribution in [1.82, 2.24) is 10.6 Å². The Balaban J connectivity index is 4.23. The van der Waals surface area contributed by atoms with Gasteiger partial charge in [0.1, 0.15) is 0 Å². The Morgan fingerprint density at radius 2 is 2.07 bits per heavy atom. The molecule has 0 radical (unpaired) electrons. The standard InChI is InChI=1S/C11H23N3/c1-5-14-10(6-7-13-4)8-11(12)9(2)3/h8-9,12-14H,5-7H2,1-4H3/b10-8-,12-11?. The van der Waals surface area contributed by atoms with Crippen LogP contribution in [0.15, 0.2) is 11.8 Å². The second kappa shape index (κ2) is 7.56. The molecule has 0 aliphatic carbocycles. The fourth-order valence-electron chi connectivity index (χ4n) is 1.05. The Bertz CT molecular complexity index is 195. The van der Waals surface area contributed by atoms with Crippen molar-refractivity contribution in [1.29, 1.82) is 5.41 Å². The normalized spacial score (nSPS) is 11.9. The largest absolute Gasteiger partial charge is 0.389 e. The summed E-state index contributed by atoms with van der Waals surface area (Å²) < 4.78 is 0. The molecular weight excluding hydrogens is 174 g/mol. The van der Waals surface area contributed by atoms with E-state index in [1.54, 1.807) is 0 Å². The average Bonchev–Trinajstić information content (AvgIpc) is 2.14. The van der Waals surface area contributed by atoms with Gasteiger partial charge in [-0.15, -0.1) is 0 Å². The van der Waals surface area contributed by atoms with Crippen LogP contribution in [0.5, 0.6) is 0 Å². The van der Waals surface area contributed by atoms with Crippen LogP contribution in [0.2, 0.25) is 0 Å². The third kappa shape index (κ3) is 5.75. The lowest BCUT2D eigenvalue weighted by Crippen LogP contribution is -2.19. The summed E-state index contributed by atoms with van der Waals surface area (Å²) in [4.78, 5) is 0. The molecule has 0 spiro atoms. The number of allylic oxidation sites excluding steroid dienone is 1. The highest BCUT2D eigenvalue weighted by atomic mass is 14.9. The molecule has 0 saturated heterocycles. The maximum atomic E-state index is 7.75. The van der Waals surface area contributed by atoms with Crippen molar-refractivity contribution in [2.24, 2.45) is 5.92 Å². The molecule has 0 atom stereocenters. The van der Waals surface area contributed by atoms with E-state index in [1.807, 2.05) is 27.0 Å². The van der Waals surface area contributed by atoms with E-state index in [9.17, 15) is 0 Å². The van der Waals surface area contributed by atoms with Crippen LogP contribution in [-0.2, 0) is 0 Å². The predicted octanol–water partition coefficient (Wildman–Crippen LogP) is 1.77. The second-order valence-corrected chi connectivity index (χ2v) is 3.66. The molecule has 0 heterocycles. The number of rotatable bonds is 7. The average molecular weight is 197 g/mol. The summed E-state index contributed by atoms with van der Waals surface area (Å²) in [6.45, 7) is 8.03. The Morgan fingerprint density at radius 3 is 2.50 bits per heavy atom. The Hall–Kier alpha value is -0.830.